The summed E-state index contributed by atoms with van der Waals surface area (Å²) in [4.78, 5) is 32.1. The number of anilines is 2. The number of carbonyl (C=O) groups is 2. The predicted molar refractivity (Wildman–Crippen MR) is 122 cm³/mol. The zero-order chi connectivity index (χ0) is 22.6. The third kappa shape index (κ3) is 5.83. The smallest absolute Gasteiger partial charge is 0.251 e. The lowest BCUT2D eigenvalue weighted by Gasteiger charge is -2.24. The average molecular weight is 427 g/mol. The normalized spacial score (nSPS) is 15.6. The van der Waals surface area contributed by atoms with Gasteiger partial charge in [-0.25, -0.2) is 5.10 Å². The zero-order valence-electron chi connectivity index (χ0n) is 19.2. The van der Waals surface area contributed by atoms with E-state index in [2.05, 4.69) is 51.5 Å². The molecular weight excluding hydrogens is 392 g/mol. The second-order valence-electron chi connectivity index (χ2n) is 9.54. The Morgan fingerprint density at radius 1 is 1.06 bits per heavy atom. The van der Waals surface area contributed by atoms with Crippen LogP contribution < -0.4 is 15.5 Å². The van der Waals surface area contributed by atoms with Gasteiger partial charge in [0, 0.05) is 18.7 Å². The highest BCUT2D eigenvalue weighted by Crippen LogP contribution is 2.22. The van der Waals surface area contributed by atoms with E-state index in [1.807, 2.05) is 26.0 Å². The summed E-state index contributed by atoms with van der Waals surface area (Å²) in [5.41, 5.74) is 1.69. The fraction of sp³-hybridized carbons (Fsp3) is 0.565. The molecule has 1 aromatic carbocycles. The number of carbonyl (C=O) groups excluding carboxylic acids is 2. The molecule has 8 heteroatoms. The molecule has 2 aromatic rings. The van der Waals surface area contributed by atoms with Gasteiger partial charge in [0.1, 0.15) is 6.04 Å². The Hall–Kier alpha value is -2.90. The molecule has 3 N–H and O–H groups in total. The molecule has 1 aromatic heterocycles. The van der Waals surface area contributed by atoms with Crippen molar-refractivity contribution in [3.05, 3.63) is 35.4 Å². The largest absolute Gasteiger partial charge is 0.340 e. The minimum Gasteiger partial charge on any atom is -0.340 e. The number of aromatic amines is 1. The molecule has 2 heterocycles. The molecule has 0 radical (unpaired) electrons. The minimum atomic E-state index is -0.696. The van der Waals surface area contributed by atoms with Gasteiger partial charge < -0.3 is 10.2 Å². The number of hydrogen-bond donors (Lipinski definition) is 3. The second-order valence-corrected chi connectivity index (χ2v) is 9.54. The van der Waals surface area contributed by atoms with Crippen LogP contribution in [0.4, 0.5) is 11.9 Å². The van der Waals surface area contributed by atoms with Crippen LogP contribution >= 0.6 is 0 Å². The van der Waals surface area contributed by atoms with Crippen molar-refractivity contribution in [1.82, 2.24) is 20.5 Å². The molecule has 2 amide bonds. The Balaban J connectivity index is 1.64. The van der Waals surface area contributed by atoms with Crippen molar-refractivity contribution >= 4 is 23.7 Å². The van der Waals surface area contributed by atoms with Gasteiger partial charge in [0.05, 0.1) is 0 Å². The van der Waals surface area contributed by atoms with Gasteiger partial charge in [0.15, 0.2) is 0 Å². The molecule has 0 spiro atoms. The van der Waals surface area contributed by atoms with Crippen LogP contribution in [0.1, 0.15) is 69.8 Å². The average Bonchev–Trinajstić information content (AvgIpc) is 3.20. The van der Waals surface area contributed by atoms with Crippen molar-refractivity contribution in [2.75, 3.05) is 23.3 Å². The lowest BCUT2D eigenvalue weighted by atomic mass is 9.86. The molecule has 168 valence electrons. The first-order chi connectivity index (χ1) is 14.6. The highest BCUT2D eigenvalue weighted by Gasteiger charge is 2.26. The summed E-state index contributed by atoms with van der Waals surface area (Å²) in [5, 5.41) is 12.6. The number of H-pyrrole nitrogens is 1. The van der Waals surface area contributed by atoms with Crippen LogP contribution in [0.15, 0.2) is 24.3 Å². The van der Waals surface area contributed by atoms with Crippen LogP contribution in [-0.4, -0.2) is 46.1 Å². The fourth-order valence-corrected chi connectivity index (χ4v) is 3.62. The molecule has 0 aliphatic carbocycles. The molecule has 1 aliphatic rings. The summed E-state index contributed by atoms with van der Waals surface area (Å²) in [7, 11) is 0. The maximum absolute atomic E-state index is 12.9. The summed E-state index contributed by atoms with van der Waals surface area (Å²) < 4.78 is 0. The van der Waals surface area contributed by atoms with Crippen LogP contribution in [0.3, 0.4) is 0 Å². The topological polar surface area (TPSA) is 103 Å². The first kappa shape index (κ1) is 22.8. The molecule has 1 atom stereocenters. The van der Waals surface area contributed by atoms with Crippen molar-refractivity contribution in [3.63, 3.8) is 0 Å². The number of nitrogens with zero attached hydrogens (tertiary/aromatic N) is 3. The van der Waals surface area contributed by atoms with E-state index in [1.54, 1.807) is 12.1 Å². The van der Waals surface area contributed by atoms with Gasteiger partial charge >= 0.3 is 0 Å². The maximum atomic E-state index is 12.9. The quantitative estimate of drug-likeness (QED) is 0.656. The van der Waals surface area contributed by atoms with Gasteiger partial charge in [0.25, 0.3) is 5.91 Å². The summed E-state index contributed by atoms with van der Waals surface area (Å²) >= 11 is 0. The Bertz CT molecular complexity index is 892. The molecule has 1 fully saturated rings. The van der Waals surface area contributed by atoms with E-state index < -0.39 is 6.04 Å². The van der Waals surface area contributed by atoms with Crippen molar-refractivity contribution in [2.24, 2.45) is 5.92 Å². The van der Waals surface area contributed by atoms with E-state index >= 15 is 0 Å². The Morgan fingerprint density at radius 2 is 1.71 bits per heavy atom. The monoisotopic (exact) mass is 426 g/mol. The summed E-state index contributed by atoms with van der Waals surface area (Å²) in [6, 6.07) is 6.81. The fourth-order valence-electron chi connectivity index (χ4n) is 3.62. The molecule has 31 heavy (non-hydrogen) atoms. The number of amides is 2. The van der Waals surface area contributed by atoms with Gasteiger partial charge in [-0.1, -0.05) is 46.8 Å². The SMILES string of the molecule is CC(C)C(NC(=O)c1ccc(C(C)(C)C)cc1)C(=O)Nc1nc(N2CCCCC2)n[nH]1. The number of nitrogens with one attached hydrogen (secondary N) is 3. The molecule has 0 saturated carbocycles. The van der Waals surface area contributed by atoms with Crippen molar-refractivity contribution in [2.45, 2.75) is 65.3 Å². The van der Waals surface area contributed by atoms with E-state index in [0.29, 0.717) is 17.5 Å². The second kappa shape index (κ2) is 9.49. The molecule has 8 nitrogen and oxygen atoms in total. The van der Waals surface area contributed by atoms with Gasteiger partial charge in [-0.15, -0.1) is 5.10 Å². The number of piperidine rings is 1. The summed E-state index contributed by atoms with van der Waals surface area (Å²) in [5.74, 6) is 0.193. The third-order valence-electron chi connectivity index (χ3n) is 5.60. The number of aromatic nitrogens is 3. The Morgan fingerprint density at radius 3 is 2.29 bits per heavy atom. The zero-order valence-corrected chi connectivity index (χ0v) is 19.2. The van der Waals surface area contributed by atoms with E-state index in [-0.39, 0.29) is 23.1 Å². The third-order valence-corrected chi connectivity index (χ3v) is 5.60. The van der Waals surface area contributed by atoms with E-state index in [9.17, 15) is 9.59 Å². The lowest BCUT2D eigenvalue weighted by Crippen LogP contribution is -2.47. The predicted octanol–water partition coefficient (Wildman–Crippen LogP) is 3.49. The maximum Gasteiger partial charge on any atom is 0.251 e. The standard InChI is InChI=1S/C23H34N6O2/c1-15(2)18(24-19(30)16-9-11-17(12-10-16)23(3,4)5)20(31)25-21-26-22(28-27-21)29-13-7-6-8-14-29/h9-12,15,18H,6-8,13-14H2,1-5H3,(H,24,30)(H2,25,26,27,28,31). The molecule has 1 saturated heterocycles. The van der Waals surface area contributed by atoms with Crippen molar-refractivity contribution in [3.8, 4) is 0 Å². The van der Waals surface area contributed by atoms with Crippen LogP contribution in [0.25, 0.3) is 0 Å². The molecule has 1 aliphatic heterocycles. The first-order valence-electron chi connectivity index (χ1n) is 11.0. The van der Waals surface area contributed by atoms with Crippen LogP contribution in [0, 0.1) is 5.92 Å². The lowest BCUT2D eigenvalue weighted by molar-refractivity contribution is -0.118. The van der Waals surface area contributed by atoms with E-state index in [4.69, 9.17) is 0 Å². The van der Waals surface area contributed by atoms with Gasteiger partial charge in [-0.05, 0) is 48.3 Å². The summed E-state index contributed by atoms with van der Waals surface area (Å²) in [6.07, 6.45) is 3.46. The molecule has 3 rings (SSSR count). The summed E-state index contributed by atoms with van der Waals surface area (Å²) in [6.45, 7) is 12.0. The number of rotatable bonds is 6. The van der Waals surface area contributed by atoms with Crippen LogP contribution in [0.5, 0.6) is 0 Å². The molecule has 1 unspecified atom stereocenters. The molecule has 0 bridgehead atoms. The number of benzene rings is 1. The Labute approximate surface area is 184 Å². The van der Waals surface area contributed by atoms with Gasteiger partial charge in [0.2, 0.25) is 17.8 Å². The van der Waals surface area contributed by atoms with Crippen molar-refractivity contribution < 1.29 is 9.59 Å². The molecular formula is C23H34N6O2. The van der Waals surface area contributed by atoms with E-state index in [0.717, 1.165) is 31.5 Å². The first-order valence-corrected chi connectivity index (χ1v) is 11.0. The van der Waals surface area contributed by atoms with Gasteiger partial charge in [-0.3, -0.25) is 14.9 Å². The van der Waals surface area contributed by atoms with Crippen LogP contribution in [-0.2, 0) is 10.2 Å². The Kier molecular flexibility index (Phi) is 6.97. The van der Waals surface area contributed by atoms with Gasteiger partial charge in [-0.2, -0.15) is 4.98 Å². The number of hydrogen-bond acceptors (Lipinski definition) is 5. The highest BCUT2D eigenvalue weighted by molar-refractivity contribution is 6.00. The highest BCUT2D eigenvalue weighted by atomic mass is 16.2. The van der Waals surface area contributed by atoms with Crippen molar-refractivity contribution in [1.29, 1.82) is 0 Å². The minimum absolute atomic E-state index is 0.0134. The van der Waals surface area contributed by atoms with Crippen LogP contribution in [0.2, 0.25) is 0 Å². The van der Waals surface area contributed by atoms with E-state index in [1.165, 1.54) is 6.42 Å².